The summed E-state index contributed by atoms with van der Waals surface area (Å²) in [7, 11) is 0. The summed E-state index contributed by atoms with van der Waals surface area (Å²) >= 11 is 3.88. The van der Waals surface area contributed by atoms with Crippen molar-refractivity contribution in [3.63, 3.8) is 0 Å². The van der Waals surface area contributed by atoms with Crippen molar-refractivity contribution in [3.05, 3.63) is 46.9 Å². The fourth-order valence-electron chi connectivity index (χ4n) is 4.49. The van der Waals surface area contributed by atoms with E-state index in [2.05, 4.69) is 50.1 Å². The second-order valence-electron chi connectivity index (χ2n) is 8.88. The minimum atomic E-state index is -0.384. The van der Waals surface area contributed by atoms with Crippen molar-refractivity contribution >= 4 is 38.6 Å². The van der Waals surface area contributed by atoms with Gasteiger partial charge in [0.05, 0.1) is 22.3 Å². The molecule has 32 heavy (non-hydrogen) atoms. The van der Waals surface area contributed by atoms with Crippen molar-refractivity contribution < 1.29 is 14.3 Å². The van der Waals surface area contributed by atoms with Crippen LogP contribution in [-0.4, -0.2) is 23.4 Å². The summed E-state index contributed by atoms with van der Waals surface area (Å²) in [4.78, 5) is 12.2. The monoisotopic (exact) mass is 496 g/mol. The molecule has 0 bridgehead atoms. The lowest BCUT2D eigenvalue weighted by Crippen LogP contribution is -2.21. The van der Waals surface area contributed by atoms with Crippen LogP contribution < -0.4 is 10.1 Å². The van der Waals surface area contributed by atoms with Crippen molar-refractivity contribution in [1.82, 2.24) is 4.57 Å². The molecule has 2 aromatic carbocycles. The molecule has 0 radical (unpaired) electrons. The fraction of sp³-hybridized carbons (Fsp3) is 0.423. The summed E-state index contributed by atoms with van der Waals surface area (Å²) in [5, 5.41) is 4.05. The van der Waals surface area contributed by atoms with Crippen LogP contribution >= 0.6 is 15.9 Å². The molecular weight excluding hydrogens is 468 g/mol. The molecule has 1 N–H and O–H groups in total. The number of nitrogens with zero attached hydrogens (tertiary/aromatic N) is 1. The second kappa shape index (κ2) is 8.81. The molecule has 2 aliphatic carbocycles. The summed E-state index contributed by atoms with van der Waals surface area (Å²) < 4.78 is 14.8. The van der Waals surface area contributed by atoms with Crippen LogP contribution in [0.5, 0.6) is 5.75 Å². The van der Waals surface area contributed by atoms with Crippen LogP contribution in [0.4, 0.5) is 10.5 Å². The minimum Gasteiger partial charge on any atom is -0.494 e. The Bertz CT molecular complexity index is 1130. The van der Waals surface area contributed by atoms with E-state index in [-0.39, 0.29) is 12.2 Å². The predicted molar refractivity (Wildman–Crippen MR) is 131 cm³/mol. The first-order chi connectivity index (χ1) is 15.5. The molecular formula is C26H29BrN2O3. The second-order valence-corrected chi connectivity index (χ2v) is 9.67. The van der Waals surface area contributed by atoms with Crippen LogP contribution in [0.15, 0.2) is 46.9 Å². The molecule has 1 unspecified atom stereocenters. The van der Waals surface area contributed by atoms with Crippen molar-refractivity contribution in [1.29, 1.82) is 0 Å². The van der Waals surface area contributed by atoms with Gasteiger partial charge in [-0.05, 0) is 97.6 Å². The molecule has 3 aromatic rings. The number of rotatable bonds is 7. The van der Waals surface area contributed by atoms with E-state index in [1.807, 2.05) is 32.0 Å². The van der Waals surface area contributed by atoms with Gasteiger partial charge in [-0.15, -0.1) is 0 Å². The van der Waals surface area contributed by atoms with Crippen molar-refractivity contribution in [2.45, 2.75) is 58.1 Å². The fourth-order valence-corrected chi connectivity index (χ4v) is 5.24. The molecule has 0 saturated heterocycles. The van der Waals surface area contributed by atoms with Gasteiger partial charge in [-0.25, -0.2) is 4.79 Å². The zero-order valence-corrected chi connectivity index (χ0v) is 20.2. The summed E-state index contributed by atoms with van der Waals surface area (Å²) in [6.07, 6.45) is 5.53. The van der Waals surface area contributed by atoms with Gasteiger partial charge in [-0.3, -0.25) is 5.32 Å². The average molecular weight is 497 g/mol. The van der Waals surface area contributed by atoms with Gasteiger partial charge in [0.25, 0.3) is 0 Å². The van der Waals surface area contributed by atoms with Crippen LogP contribution in [-0.2, 0) is 4.74 Å². The Balaban J connectivity index is 1.44. The van der Waals surface area contributed by atoms with E-state index < -0.39 is 0 Å². The third-order valence-electron chi connectivity index (χ3n) is 6.65. The van der Waals surface area contributed by atoms with E-state index in [4.69, 9.17) is 9.47 Å². The largest absolute Gasteiger partial charge is 0.494 e. The highest BCUT2D eigenvalue weighted by atomic mass is 79.9. The Labute approximate surface area is 197 Å². The molecule has 1 atom stereocenters. The van der Waals surface area contributed by atoms with Crippen LogP contribution in [0, 0.1) is 5.92 Å². The number of anilines is 1. The molecule has 2 saturated carbocycles. The van der Waals surface area contributed by atoms with Gasteiger partial charge in [0, 0.05) is 23.2 Å². The lowest BCUT2D eigenvalue weighted by molar-refractivity contribution is 0.108. The molecule has 0 aliphatic heterocycles. The molecule has 168 valence electrons. The van der Waals surface area contributed by atoms with E-state index in [1.54, 1.807) is 0 Å². The number of hydrogen-bond acceptors (Lipinski definition) is 3. The van der Waals surface area contributed by atoms with E-state index >= 15 is 0 Å². The number of fused-ring (bicyclic) bond motifs is 1. The van der Waals surface area contributed by atoms with Crippen molar-refractivity contribution in [3.8, 4) is 17.0 Å². The number of benzene rings is 2. The number of nitrogens with one attached hydrogen (secondary N) is 1. The zero-order valence-electron chi connectivity index (χ0n) is 18.6. The third kappa shape index (κ3) is 4.13. The van der Waals surface area contributed by atoms with Gasteiger partial charge in [0.1, 0.15) is 11.9 Å². The van der Waals surface area contributed by atoms with Gasteiger partial charge >= 0.3 is 6.09 Å². The smallest absolute Gasteiger partial charge is 0.411 e. The number of ether oxygens (including phenoxy) is 2. The van der Waals surface area contributed by atoms with Gasteiger partial charge in [-0.2, -0.15) is 0 Å². The number of carbonyl (C=O) groups is 1. The first-order valence-electron chi connectivity index (χ1n) is 11.6. The molecule has 1 heterocycles. The van der Waals surface area contributed by atoms with Crippen LogP contribution in [0.25, 0.3) is 22.2 Å². The molecule has 5 nitrogen and oxygen atoms in total. The molecule has 1 aromatic heterocycles. The maximum Gasteiger partial charge on any atom is 0.411 e. The standard InChI is InChI=1S/C26H29BrN2O3/c1-3-31-21-13-14-22-23(15-21)29(20-5-4-6-20)25(24(22)27)18-9-11-19(12-10-18)28-26(30)32-16(2)17-7-8-17/h9-17,20H,3-8H2,1-2H3,(H,28,30). The lowest BCUT2D eigenvalue weighted by atomic mass is 9.92. The number of aromatic nitrogens is 1. The highest BCUT2D eigenvalue weighted by Crippen LogP contribution is 2.45. The zero-order chi connectivity index (χ0) is 22.2. The third-order valence-corrected chi connectivity index (χ3v) is 7.45. The maximum absolute atomic E-state index is 12.2. The van der Waals surface area contributed by atoms with E-state index in [1.165, 1.54) is 35.9 Å². The number of hydrogen-bond donors (Lipinski definition) is 1. The van der Waals surface area contributed by atoms with Gasteiger partial charge in [0.2, 0.25) is 0 Å². The average Bonchev–Trinajstić information content (AvgIpc) is 3.55. The highest BCUT2D eigenvalue weighted by Gasteiger charge is 2.31. The van der Waals surface area contributed by atoms with E-state index in [9.17, 15) is 4.79 Å². The van der Waals surface area contributed by atoms with Crippen LogP contribution in [0.1, 0.15) is 52.0 Å². The van der Waals surface area contributed by atoms with E-state index in [0.717, 1.165) is 34.3 Å². The van der Waals surface area contributed by atoms with Crippen molar-refractivity contribution in [2.75, 3.05) is 11.9 Å². The Morgan fingerprint density at radius 1 is 1.16 bits per heavy atom. The highest BCUT2D eigenvalue weighted by molar-refractivity contribution is 9.10. The SMILES string of the molecule is CCOc1ccc2c(Br)c(-c3ccc(NC(=O)OC(C)C4CC4)cc3)n(C3CCC3)c2c1. The first-order valence-corrected chi connectivity index (χ1v) is 12.4. The Kier molecular flexibility index (Phi) is 5.89. The van der Waals surface area contributed by atoms with Gasteiger partial charge < -0.3 is 14.0 Å². The summed E-state index contributed by atoms with van der Waals surface area (Å²) in [6.45, 7) is 4.63. The lowest BCUT2D eigenvalue weighted by Gasteiger charge is -2.30. The van der Waals surface area contributed by atoms with Crippen molar-refractivity contribution in [2.24, 2.45) is 5.92 Å². The quantitative estimate of drug-likeness (QED) is 0.367. The summed E-state index contributed by atoms with van der Waals surface area (Å²) in [6, 6.07) is 14.8. The molecule has 5 rings (SSSR count). The molecule has 1 amide bonds. The summed E-state index contributed by atoms with van der Waals surface area (Å²) in [5.41, 5.74) is 4.23. The van der Waals surface area contributed by atoms with Crippen LogP contribution in [0.2, 0.25) is 0 Å². The molecule has 0 spiro atoms. The van der Waals surface area contributed by atoms with Gasteiger partial charge in [0.15, 0.2) is 0 Å². The predicted octanol–water partition coefficient (Wildman–Crippen LogP) is 7.54. The molecule has 6 heteroatoms. The Morgan fingerprint density at radius 3 is 2.53 bits per heavy atom. The Morgan fingerprint density at radius 2 is 1.91 bits per heavy atom. The van der Waals surface area contributed by atoms with Gasteiger partial charge in [-0.1, -0.05) is 12.1 Å². The topological polar surface area (TPSA) is 52.5 Å². The normalized spacial score (nSPS) is 17.1. The number of carbonyl (C=O) groups excluding carboxylic acids is 1. The number of amides is 1. The molecule has 2 fully saturated rings. The Hall–Kier alpha value is -2.47. The van der Waals surface area contributed by atoms with E-state index in [0.29, 0.717) is 18.6 Å². The first kappa shape index (κ1) is 21.4. The maximum atomic E-state index is 12.2. The number of halogens is 1. The summed E-state index contributed by atoms with van der Waals surface area (Å²) in [5.74, 6) is 1.42. The van der Waals surface area contributed by atoms with Crippen LogP contribution in [0.3, 0.4) is 0 Å². The minimum absolute atomic E-state index is 0.0232. The molecule has 2 aliphatic rings.